The maximum absolute atomic E-state index is 12.0. The van der Waals surface area contributed by atoms with E-state index in [1.807, 2.05) is 31.2 Å². The second kappa shape index (κ2) is 6.23. The summed E-state index contributed by atoms with van der Waals surface area (Å²) in [5, 5.41) is 11.6. The van der Waals surface area contributed by atoms with Crippen molar-refractivity contribution in [3.8, 4) is 11.5 Å². The summed E-state index contributed by atoms with van der Waals surface area (Å²) in [5.41, 5.74) is 0. The molecule has 4 heteroatoms. The molecule has 1 N–H and O–H groups in total. The van der Waals surface area contributed by atoms with Crippen LogP contribution in [0, 0.1) is 0 Å². The number of phenolic OH excluding ortho intramolecular Hbond substituents is 1. The molecule has 0 saturated carbocycles. The van der Waals surface area contributed by atoms with Gasteiger partial charge in [0.2, 0.25) is 0 Å². The lowest BCUT2D eigenvalue weighted by Crippen LogP contribution is -2.20. The zero-order valence-corrected chi connectivity index (χ0v) is 12.8. The number of hydrogen-bond acceptors (Lipinski definition) is 3. The summed E-state index contributed by atoms with van der Waals surface area (Å²) in [5.74, 6) is -0.0675. The SMILES string of the molecule is CCCC(I)C(=O)Oc1c(O)ccc2ccccc12. The third kappa shape index (κ3) is 3.18. The van der Waals surface area contributed by atoms with Gasteiger partial charge in [-0.2, -0.15) is 0 Å². The molecule has 0 saturated heterocycles. The molecule has 0 aromatic heterocycles. The lowest BCUT2D eigenvalue weighted by atomic mass is 10.1. The fraction of sp³-hybridized carbons (Fsp3) is 0.267. The molecular formula is C15H15IO3. The summed E-state index contributed by atoms with van der Waals surface area (Å²) in [6.45, 7) is 2.02. The molecule has 100 valence electrons. The molecule has 0 aliphatic rings. The van der Waals surface area contributed by atoms with Crippen LogP contribution in [0.3, 0.4) is 0 Å². The lowest BCUT2D eigenvalue weighted by Gasteiger charge is -2.12. The van der Waals surface area contributed by atoms with Gasteiger partial charge in [0.25, 0.3) is 0 Å². The average molecular weight is 370 g/mol. The van der Waals surface area contributed by atoms with Crippen molar-refractivity contribution >= 4 is 39.3 Å². The van der Waals surface area contributed by atoms with Crippen molar-refractivity contribution in [2.24, 2.45) is 0 Å². The maximum atomic E-state index is 12.0. The van der Waals surface area contributed by atoms with Gasteiger partial charge in [0.1, 0.15) is 3.92 Å². The fourth-order valence-electron chi connectivity index (χ4n) is 1.87. The van der Waals surface area contributed by atoms with E-state index in [1.54, 1.807) is 12.1 Å². The number of esters is 1. The number of benzene rings is 2. The van der Waals surface area contributed by atoms with E-state index in [4.69, 9.17) is 4.74 Å². The monoisotopic (exact) mass is 370 g/mol. The zero-order valence-electron chi connectivity index (χ0n) is 10.6. The van der Waals surface area contributed by atoms with E-state index in [0.717, 1.165) is 23.6 Å². The van der Waals surface area contributed by atoms with Crippen LogP contribution in [0.1, 0.15) is 19.8 Å². The molecule has 2 aromatic rings. The molecule has 2 rings (SSSR count). The average Bonchev–Trinajstić information content (AvgIpc) is 2.42. The van der Waals surface area contributed by atoms with Gasteiger partial charge in [-0.15, -0.1) is 0 Å². The van der Waals surface area contributed by atoms with Gasteiger partial charge in [-0.25, -0.2) is 0 Å². The van der Waals surface area contributed by atoms with Crippen LogP contribution in [-0.2, 0) is 4.79 Å². The minimum absolute atomic E-state index is 0.00727. The van der Waals surface area contributed by atoms with Crippen molar-refractivity contribution in [3.05, 3.63) is 36.4 Å². The summed E-state index contributed by atoms with van der Waals surface area (Å²) >= 11 is 2.07. The van der Waals surface area contributed by atoms with Gasteiger partial charge in [0.15, 0.2) is 11.5 Å². The van der Waals surface area contributed by atoms with Crippen LogP contribution in [0.5, 0.6) is 11.5 Å². The molecule has 1 unspecified atom stereocenters. The van der Waals surface area contributed by atoms with Gasteiger partial charge in [0.05, 0.1) is 0 Å². The number of halogens is 1. The second-order valence-electron chi connectivity index (χ2n) is 4.31. The number of ether oxygens (including phenoxy) is 1. The quantitative estimate of drug-likeness (QED) is 0.382. The van der Waals surface area contributed by atoms with Crippen molar-refractivity contribution in [1.29, 1.82) is 0 Å². The molecule has 2 aromatic carbocycles. The molecular weight excluding hydrogens is 355 g/mol. The Morgan fingerprint density at radius 2 is 2.05 bits per heavy atom. The molecule has 0 spiro atoms. The first-order chi connectivity index (χ1) is 9.13. The van der Waals surface area contributed by atoms with E-state index in [-0.39, 0.29) is 21.4 Å². The highest BCUT2D eigenvalue weighted by Crippen LogP contribution is 2.35. The van der Waals surface area contributed by atoms with Crippen molar-refractivity contribution in [1.82, 2.24) is 0 Å². The molecule has 0 amide bonds. The molecule has 19 heavy (non-hydrogen) atoms. The minimum atomic E-state index is -0.311. The third-order valence-corrected chi connectivity index (χ3v) is 3.99. The Hall–Kier alpha value is -1.30. The number of phenols is 1. The molecule has 0 radical (unpaired) electrons. The van der Waals surface area contributed by atoms with Crippen molar-refractivity contribution in [2.45, 2.75) is 23.7 Å². The van der Waals surface area contributed by atoms with Crippen LogP contribution in [-0.4, -0.2) is 15.0 Å². The van der Waals surface area contributed by atoms with E-state index in [2.05, 4.69) is 22.6 Å². The molecule has 3 nitrogen and oxygen atoms in total. The maximum Gasteiger partial charge on any atom is 0.324 e. The first-order valence-electron chi connectivity index (χ1n) is 6.20. The minimum Gasteiger partial charge on any atom is -0.504 e. The standard InChI is InChI=1S/C15H15IO3/c1-2-5-12(16)15(18)19-14-11-7-4-3-6-10(11)8-9-13(14)17/h3-4,6-9,12,17H,2,5H2,1H3. The summed E-state index contributed by atoms with van der Waals surface area (Å²) in [6.07, 6.45) is 1.69. The first kappa shape index (κ1) is 14.1. The highest BCUT2D eigenvalue weighted by atomic mass is 127. The van der Waals surface area contributed by atoms with Gasteiger partial charge >= 0.3 is 5.97 Å². The van der Waals surface area contributed by atoms with Crippen LogP contribution < -0.4 is 4.74 Å². The number of aromatic hydroxyl groups is 1. The predicted molar refractivity (Wildman–Crippen MR) is 84.0 cm³/mol. The number of hydrogen-bond donors (Lipinski definition) is 1. The Kier molecular flexibility index (Phi) is 4.63. The highest BCUT2D eigenvalue weighted by molar-refractivity contribution is 14.1. The van der Waals surface area contributed by atoms with Crippen LogP contribution in [0.25, 0.3) is 10.8 Å². The number of carbonyl (C=O) groups is 1. The summed E-state index contributed by atoms with van der Waals surface area (Å²) in [4.78, 5) is 12.0. The number of fused-ring (bicyclic) bond motifs is 1. The smallest absolute Gasteiger partial charge is 0.324 e. The van der Waals surface area contributed by atoms with E-state index in [1.165, 1.54) is 0 Å². The highest BCUT2D eigenvalue weighted by Gasteiger charge is 2.19. The Morgan fingerprint density at radius 1 is 1.32 bits per heavy atom. The van der Waals surface area contributed by atoms with Crippen molar-refractivity contribution in [2.75, 3.05) is 0 Å². The lowest BCUT2D eigenvalue weighted by molar-refractivity contribution is -0.133. The Bertz CT molecular complexity index is 595. The van der Waals surface area contributed by atoms with Crippen molar-refractivity contribution < 1.29 is 14.6 Å². The van der Waals surface area contributed by atoms with E-state index in [0.29, 0.717) is 0 Å². The van der Waals surface area contributed by atoms with Crippen LogP contribution in [0.15, 0.2) is 36.4 Å². The summed E-state index contributed by atoms with van der Waals surface area (Å²) < 4.78 is 5.18. The fourth-order valence-corrected chi connectivity index (χ4v) is 2.62. The van der Waals surface area contributed by atoms with E-state index < -0.39 is 0 Å². The summed E-state index contributed by atoms with van der Waals surface area (Å²) in [6, 6.07) is 10.9. The largest absolute Gasteiger partial charge is 0.504 e. The van der Waals surface area contributed by atoms with Crippen LogP contribution in [0.4, 0.5) is 0 Å². The third-order valence-electron chi connectivity index (χ3n) is 2.86. The van der Waals surface area contributed by atoms with Crippen LogP contribution in [0.2, 0.25) is 0 Å². The molecule has 0 aliphatic heterocycles. The summed E-state index contributed by atoms with van der Waals surface area (Å²) in [7, 11) is 0. The van der Waals surface area contributed by atoms with E-state index in [9.17, 15) is 9.90 Å². The van der Waals surface area contributed by atoms with Gasteiger partial charge in [-0.1, -0.05) is 66.3 Å². The van der Waals surface area contributed by atoms with E-state index >= 15 is 0 Å². The van der Waals surface area contributed by atoms with Gasteiger partial charge in [-0.3, -0.25) is 4.79 Å². The normalized spacial score (nSPS) is 12.3. The van der Waals surface area contributed by atoms with Crippen LogP contribution >= 0.6 is 22.6 Å². The topological polar surface area (TPSA) is 46.5 Å². The predicted octanol–water partition coefficient (Wildman–Crippen LogP) is 4.05. The van der Waals surface area contributed by atoms with Crippen molar-refractivity contribution in [3.63, 3.8) is 0 Å². The Morgan fingerprint density at radius 3 is 2.79 bits per heavy atom. The number of alkyl halides is 1. The zero-order chi connectivity index (χ0) is 13.8. The molecule has 1 atom stereocenters. The molecule has 0 aliphatic carbocycles. The second-order valence-corrected chi connectivity index (χ2v) is 5.82. The first-order valence-corrected chi connectivity index (χ1v) is 7.44. The Labute approximate surface area is 125 Å². The molecule has 0 fully saturated rings. The molecule has 0 bridgehead atoms. The number of carbonyl (C=O) groups excluding carboxylic acids is 1. The van der Waals surface area contributed by atoms with Gasteiger partial charge in [0, 0.05) is 5.39 Å². The Balaban J connectivity index is 2.34. The molecule has 0 heterocycles. The van der Waals surface area contributed by atoms with Gasteiger partial charge in [-0.05, 0) is 17.9 Å². The van der Waals surface area contributed by atoms with Gasteiger partial charge < -0.3 is 9.84 Å². The number of rotatable bonds is 4.